The smallest absolute Gasteiger partial charge is 0.196 e. The first-order valence-corrected chi connectivity index (χ1v) is 7.69. The summed E-state index contributed by atoms with van der Waals surface area (Å²) in [6.45, 7) is 2.62. The van der Waals surface area contributed by atoms with Crippen molar-refractivity contribution in [1.29, 1.82) is 0 Å². The van der Waals surface area contributed by atoms with Crippen LogP contribution >= 0.6 is 27.5 Å². The summed E-state index contributed by atoms with van der Waals surface area (Å²) in [7, 11) is 1.92. The highest BCUT2D eigenvalue weighted by Gasteiger charge is 2.31. The molecule has 1 aliphatic heterocycles. The SMILES string of the molecule is Cc1nn(C)cc1C1CN=C(N)N1c1ccc(Cl)c(Br)c1. The van der Waals surface area contributed by atoms with E-state index in [1.54, 1.807) is 0 Å². The van der Waals surface area contributed by atoms with Crippen molar-refractivity contribution < 1.29 is 0 Å². The van der Waals surface area contributed by atoms with Gasteiger partial charge in [0.2, 0.25) is 0 Å². The summed E-state index contributed by atoms with van der Waals surface area (Å²) in [4.78, 5) is 6.41. The Kier molecular flexibility index (Phi) is 3.67. The first kappa shape index (κ1) is 14.4. The van der Waals surface area contributed by atoms with Crippen LogP contribution in [-0.2, 0) is 7.05 Å². The summed E-state index contributed by atoms with van der Waals surface area (Å²) < 4.78 is 2.65. The lowest BCUT2D eigenvalue weighted by Crippen LogP contribution is -2.36. The fourth-order valence-electron chi connectivity index (χ4n) is 2.63. The third-order valence-electron chi connectivity index (χ3n) is 3.58. The summed E-state index contributed by atoms with van der Waals surface area (Å²) in [5.74, 6) is 0.512. The summed E-state index contributed by atoms with van der Waals surface area (Å²) in [5, 5.41) is 5.08. The van der Waals surface area contributed by atoms with Crippen LogP contribution in [0.2, 0.25) is 5.02 Å². The van der Waals surface area contributed by atoms with Crippen molar-refractivity contribution >= 4 is 39.2 Å². The highest BCUT2D eigenvalue weighted by Crippen LogP contribution is 2.35. The number of halogens is 2. The van der Waals surface area contributed by atoms with Crippen LogP contribution in [0.3, 0.4) is 0 Å². The second-order valence-corrected chi connectivity index (χ2v) is 6.29. The van der Waals surface area contributed by atoms with Crippen molar-refractivity contribution in [3.05, 3.63) is 45.1 Å². The Hall–Kier alpha value is -1.53. The Bertz CT molecular complexity index is 724. The van der Waals surface area contributed by atoms with Gasteiger partial charge >= 0.3 is 0 Å². The van der Waals surface area contributed by atoms with E-state index in [1.807, 2.05) is 47.9 Å². The largest absolute Gasteiger partial charge is 0.369 e. The van der Waals surface area contributed by atoms with Gasteiger partial charge in [0.05, 0.1) is 23.3 Å². The third kappa shape index (κ3) is 2.53. The first-order valence-electron chi connectivity index (χ1n) is 6.51. The monoisotopic (exact) mass is 367 g/mol. The van der Waals surface area contributed by atoms with E-state index in [1.165, 1.54) is 0 Å². The number of rotatable bonds is 2. The maximum Gasteiger partial charge on any atom is 0.196 e. The van der Waals surface area contributed by atoms with E-state index in [-0.39, 0.29) is 6.04 Å². The van der Waals surface area contributed by atoms with Crippen molar-refractivity contribution in [2.45, 2.75) is 13.0 Å². The van der Waals surface area contributed by atoms with Crippen LogP contribution in [0, 0.1) is 6.92 Å². The molecule has 1 aliphatic rings. The number of hydrogen-bond donors (Lipinski definition) is 1. The zero-order valence-electron chi connectivity index (χ0n) is 11.7. The van der Waals surface area contributed by atoms with Crippen LogP contribution in [0.15, 0.2) is 33.9 Å². The van der Waals surface area contributed by atoms with Crippen molar-refractivity contribution in [2.24, 2.45) is 17.8 Å². The van der Waals surface area contributed by atoms with Gasteiger partial charge in [-0.3, -0.25) is 9.67 Å². The van der Waals surface area contributed by atoms with E-state index in [0.717, 1.165) is 21.4 Å². The molecule has 2 heterocycles. The van der Waals surface area contributed by atoms with E-state index in [0.29, 0.717) is 17.5 Å². The number of hydrogen-bond acceptors (Lipinski definition) is 4. The molecule has 3 rings (SSSR count). The average molecular weight is 369 g/mol. The number of aliphatic imine (C=N–C) groups is 1. The van der Waals surface area contributed by atoms with E-state index in [2.05, 4.69) is 26.0 Å². The molecule has 0 fully saturated rings. The number of anilines is 1. The third-order valence-corrected chi connectivity index (χ3v) is 4.79. The molecular formula is C14H15BrClN5. The van der Waals surface area contributed by atoms with Crippen molar-refractivity contribution in [3.63, 3.8) is 0 Å². The van der Waals surface area contributed by atoms with Gasteiger partial charge in [0, 0.05) is 29.0 Å². The molecule has 0 amide bonds. The summed E-state index contributed by atoms with van der Waals surface area (Å²) >= 11 is 9.52. The van der Waals surface area contributed by atoms with Crippen LogP contribution in [0.4, 0.5) is 5.69 Å². The van der Waals surface area contributed by atoms with Crippen LogP contribution < -0.4 is 10.6 Å². The van der Waals surface area contributed by atoms with Crippen LogP contribution in [0.1, 0.15) is 17.3 Å². The van der Waals surface area contributed by atoms with Gasteiger partial charge in [-0.1, -0.05) is 11.6 Å². The molecular weight excluding hydrogens is 354 g/mol. The molecule has 5 nitrogen and oxygen atoms in total. The topological polar surface area (TPSA) is 59.4 Å². The molecule has 1 atom stereocenters. The Labute approximate surface area is 136 Å². The summed E-state index contributed by atoms with van der Waals surface area (Å²) in [6.07, 6.45) is 2.02. The Balaban J connectivity index is 2.03. The lowest BCUT2D eigenvalue weighted by molar-refractivity contribution is 0.751. The molecule has 0 aliphatic carbocycles. The summed E-state index contributed by atoms with van der Waals surface area (Å²) in [6, 6.07) is 5.81. The highest BCUT2D eigenvalue weighted by atomic mass is 79.9. The molecule has 1 aromatic heterocycles. The normalized spacial score (nSPS) is 18.2. The molecule has 7 heteroatoms. The molecule has 0 saturated carbocycles. The number of aromatic nitrogens is 2. The number of benzene rings is 1. The zero-order valence-corrected chi connectivity index (χ0v) is 14.1. The van der Waals surface area contributed by atoms with E-state index < -0.39 is 0 Å². The van der Waals surface area contributed by atoms with Gasteiger partial charge in [-0.2, -0.15) is 5.10 Å². The maximum absolute atomic E-state index is 6.08. The number of nitrogens with two attached hydrogens (primary N) is 1. The molecule has 0 spiro atoms. The van der Waals surface area contributed by atoms with Gasteiger partial charge in [-0.25, -0.2) is 0 Å². The Morgan fingerprint density at radius 1 is 1.43 bits per heavy atom. The fourth-order valence-corrected chi connectivity index (χ4v) is 3.11. The molecule has 1 unspecified atom stereocenters. The average Bonchev–Trinajstić information content (AvgIpc) is 2.95. The quantitative estimate of drug-likeness (QED) is 0.886. The minimum absolute atomic E-state index is 0.0618. The number of guanidine groups is 1. The first-order chi connectivity index (χ1) is 9.97. The van der Waals surface area contributed by atoms with E-state index in [4.69, 9.17) is 17.3 Å². The van der Waals surface area contributed by atoms with E-state index >= 15 is 0 Å². The molecule has 1 aromatic carbocycles. The summed E-state index contributed by atoms with van der Waals surface area (Å²) in [5.41, 5.74) is 9.16. The van der Waals surface area contributed by atoms with Crippen molar-refractivity contribution in [2.75, 3.05) is 11.4 Å². The van der Waals surface area contributed by atoms with Gasteiger partial charge in [-0.05, 0) is 41.1 Å². The molecule has 2 aromatic rings. The van der Waals surface area contributed by atoms with Crippen molar-refractivity contribution in [3.8, 4) is 0 Å². The predicted molar refractivity (Wildman–Crippen MR) is 88.8 cm³/mol. The highest BCUT2D eigenvalue weighted by molar-refractivity contribution is 9.10. The molecule has 0 saturated heterocycles. The molecule has 0 radical (unpaired) electrons. The van der Waals surface area contributed by atoms with Gasteiger partial charge < -0.3 is 10.6 Å². The maximum atomic E-state index is 6.08. The molecule has 110 valence electrons. The minimum Gasteiger partial charge on any atom is -0.369 e. The molecule has 2 N–H and O–H groups in total. The number of nitrogens with zero attached hydrogens (tertiary/aromatic N) is 4. The Morgan fingerprint density at radius 3 is 2.81 bits per heavy atom. The fraction of sp³-hybridized carbons (Fsp3) is 0.286. The predicted octanol–water partition coefficient (Wildman–Crippen LogP) is 3.02. The van der Waals surface area contributed by atoms with E-state index in [9.17, 15) is 0 Å². The lowest BCUT2D eigenvalue weighted by atomic mass is 10.1. The second kappa shape index (κ2) is 5.35. The van der Waals surface area contributed by atoms with Crippen LogP contribution in [0.5, 0.6) is 0 Å². The standard InChI is InChI=1S/C14H15BrClN5/c1-8-10(7-20(2)19-8)13-6-18-14(17)21(13)9-3-4-12(16)11(15)5-9/h3-5,7,13H,6H2,1-2H3,(H2,17,18). The zero-order chi connectivity index (χ0) is 15.1. The number of aryl methyl sites for hydroxylation is 2. The Morgan fingerprint density at radius 2 is 2.19 bits per heavy atom. The van der Waals surface area contributed by atoms with Crippen molar-refractivity contribution in [1.82, 2.24) is 9.78 Å². The second-order valence-electron chi connectivity index (χ2n) is 5.03. The van der Waals surface area contributed by atoms with Crippen LogP contribution in [0.25, 0.3) is 0 Å². The van der Waals surface area contributed by atoms with Gasteiger partial charge in [-0.15, -0.1) is 0 Å². The lowest BCUT2D eigenvalue weighted by Gasteiger charge is -2.26. The van der Waals surface area contributed by atoms with Crippen LogP contribution in [-0.4, -0.2) is 22.3 Å². The molecule has 0 bridgehead atoms. The van der Waals surface area contributed by atoms with Gasteiger partial charge in [0.15, 0.2) is 5.96 Å². The molecule has 21 heavy (non-hydrogen) atoms. The van der Waals surface area contributed by atoms with Gasteiger partial charge in [0.1, 0.15) is 0 Å². The van der Waals surface area contributed by atoms with Gasteiger partial charge in [0.25, 0.3) is 0 Å². The minimum atomic E-state index is 0.0618.